The molecule has 0 saturated carbocycles. The lowest BCUT2D eigenvalue weighted by Gasteiger charge is -2.21. The molecule has 0 spiro atoms. The van der Waals surface area contributed by atoms with Gasteiger partial charge in [0, 0.05) is 21.3 Å². The van der Waals surface area contributed by atoms with Gasteiger partial charge in [-0.2, -0.15) is 0 Å². The molecule has 0 aromatic heterocycles. The van der Waals surface area contributed by atoms with Crippen molar-refractivity contribution < 1.29 is 58.0 Å². The molecule has 0 aliphatic carbocycles. The van der Waals surface area contributed by atoms with E-state index in [-0.39, 0.29) is 63.6 Å². The quantitative estimate of drug-likeness (QED) is 0.143. The lowest BCUT2D eigenvalue weighted by Crippen LogP contribution is -2.31. The Hall–Kier alpha value is -0.480. The first kappa shape index (κ1) is 40.7. The molecular weight excluding hydrogens is 516 g/mol. The molecule has 0 radical (unpaired) electrons. The normalized spacial score (nSPS) is 17.8. The minimum absolute atomic E-state index is 0.0447. The van der Waals surface area contributed by atoms with Crippen LogP contribution in [0.15, 0.2) is 0 Å². The number of methoxy groups -OCH3 is 3. The molecule has 0 fully saturated rings. The van der Waals surface area contributed by atoms with Gasteiger partial charge < -0.3 is 58.0 Å². The highest BCUT2D eigenvalue weighted by Gasteiger charge is 2.15. The molecule has 0 amide bonds. The number of ether oxygens (including phenoxy) is 9. The van der Waals surface area contributed by atoms with E-state index in [4.69, 9.17) is 58.0 Å². The molecule has 0 saturated heterocycles. The number of rotatable bonds is 25. The molecule has 0 aromatic rings. The van der Waals surface area contributed by atoms with Gasteiger partial charge in [-0.05, 0) is 41.5 Å². The smallest absolute Gasteiger partial charge is 0.104 e. The Morgan fingerprint density at radius 2 is 0.667 bits per heavy atom. The van der Waals surface area contributed by atoms with Crippen LogP contribution < -0.4 is 0 Å². The molecule has 0 aliphatic rings. The predicted octanol–water partition coefficient (Wildman–Crippen LogP) is 1.06. The fraction of sp³-hybridized carbons (Fsp3) is 1.00. The van der Waals surface area contributed by atoms with Gasteiger partial charge in [-0.3, -0.25) is 0 Å². The minimum Gasteiger partial charge on any atom is -0.391 e. The largest absolute Gasteiger partial charge is 0.391 e. The van der Waals surface area contributed by atoms with Gasteiger partial charge in [-0.1, -0.05) is 0 Å². The summed E-state index contributed by atoms with van der Waals surface area (Å²) in [5.74, 6) is 0. The van der Waals surface area contributed by atoms with Crippen molar-refractivity contribution in [3.63, 3.8) is 0 Å². The average Bonchev–Trinajstić information content (AvgIpc) is 2.88. The fourth-order valence-corrected chi connectivity index (χ4v) is 2.51. The van der Waals surface area contributed by atoms with Crippen molar-refractivity contribution in [1.29, 1.82) is 0 Å². The maximum Gasteiger partial charge on any atom is 0.104 e. The molecule has 6 atom stereocenters. The maximum atomic E-state index is 9.14. The van der Waals surface area contributed by atoms with Crippen LogP contribution in [0.1, 0.15) is 41.5 Å². The van der Waals surface area contributed by atoms with E-state index in [0.717, 1.165) is 0 Å². The summed E-state index contributed by atoms with van der Waals surface area (Å²) in [5.41, 5.74) is 0. The first-order chi connectivity index (χ1) is 18.4. The molecule has 0 rings (SSSR count). The van der Waals surface area contributed by atoms with Crippen molar-refractivity contribution >= 4 is 0 Å². The van der Waals surface area contributed by atoms with Gasteiger partial charge in [0.15, 0.2) is 0 Å². The van der Waals surface area contributed by atoms with Crippen molar-refractivity contribution in [3.05, 3.63) is 0 Å². The molecule has 238 valence electrons. The lowest BCUT2D eigenvalue weighted by atomic mass is 10.3. The van der Waals surface area contributed by atoms with E-state index >= 15 is 0 Å². The molecule has 39 heavy (non-hydrogen) atoms. The number of hydrogen-bond acceptors (Lipinski definition) is 12. The Kier molecular flexibility index (Phi) is 28.9. The molecule has 0 aromatic carbocycles. The zero-order valence-electron chi connectivity index (χ0n) is 25.7. The maximum absolute atomic E-state index is 9.14. The number of hydrogen-bond donors (Lipinski definition) is 3. The third-order valence-corrected chi connectivity index (χ3v) is 4.99. The summed E-state index contributed by atoms with van der Waals surface area (Å²) in [4.78, 5) is 0. The van der Waals surface area contributed by atoms with E-state index in [2.05, 4.69) is 0 Å². The molecule has 12 nitrogen and oxygen atoms in total. The van der Waals surface area contributed by atoms with Crippen LogP contribution in [0.4, 0.5) is 0 Å². The topological polar surface area (TPSA) is 144 Å². The predicted molar refractivity (Wildman–Crippen MR) is 147 cm³/mol. The average molecular weight is 575 g/mol. The Bertz CT molecular complexity index is 465. The van der Waals surface area contributed by atoms with E-state index in [9.17, 15) is 0 Å². The van der Waals surface area contributed by atoms with Crippen LogP contribution in [0.2, 0.25) is 0 Å². The van der Waals surface area contributed by atoms with Gasteiger partial charge >= 0.3 is 0 Å². The molecule has 3 N–H and O–H groups in total. The number of aliphatic hydroxyl groups is 3. The first-order valence-corrected chi connectivity index (χ1v) is 13.6. The van der Waals surface area contributed by atoms with Crippen LogP contribution in [0.3, 0.4) is 0 Å². The second kappa shape index (κ2) is 27.7. The fourth-order valence-electron chi connectivity index (χ4n) is 2.51. The van der Waals surface area contributed by atoms with Gasteiger partial charge in [0.25, 0.3) is 0 Å². The second-order valence-electron chi connectivity index (χ2n) is 9.75. The molecule has 6 unspecified atom stereocenters. The van der Waals surface area contributed by atoms with Gasteiger partial charge in [-0.15, -0.1) is 0 Å². The van der Waals surface area contributed by atoms with Crippen LogP contribution in [-0.4, -0.2) is 152 Å². The molecule has 12 heteroatoms. The summed E-state index contributed by atoms with van der Waals surface area (Å²) >= 11 is 0. The zero-order valence-corrected chi connectivity index (χ0v) is 25.7. The van der Waals surface area contributed by atoms with E-state index in [1.165, 1.54) is 0 Å². The van der Waals surface area contributed by atoms with Crippen molar-refractivity contribution in [3.8, 4) is 0 Å². The first-order valence-electron chi connectivity index (χ1n) is 13.6. The highest BCUT2D eigenvalue weighted by Crippen LogP contribution is 2.02. The van der Waals surface area contributed by atoms with Crippen LogP contribution in [0.25, 0.3) is 0 Å². The lowest BCUT2D eigenvalue weighted by molar-refractivity contribution is -0.100. The van der Waals surface area contributed by atoms with Crippen LogP contribution in [-0.2, 0) is 42.6 Å². The highest BCUT2D eigenvalue weighted by molar-refractivity contribution is 4.60. The Balaban J connectivity index is 0. The summed E-state index contributed by atoms with van der Waals surface area (Å²) in [6, 6.07) is 0. The molecule has 0 bridgehead atoms. The summed E-state index contributed by atoms with van der Waals surface area (Å²) in [6.07, 6.45) is -1.88. The van der Waals surface area contributed by atoms with E-state index < -0.39 is 18.3 Å². The van der Waals surface area contributed by atoms with E-state index in [1.54, 1.807) is 42.1 Å². The summed E-state index contributed by atoms with van der Waals surface area (Å²) in [7, 11) is 4.99. The SMILES string of the molecule is CC(O)COCC(COCC(C)O)OCC(C)O.COC(C)COCC(COCC(C)OC)OCC(C)OC. The summed E-state index contributed by atoms with van der Waals surface area (Å²) in [5, 5.41) is 27.3. The number of aliphatic hydroxyl groups excluding tert-OH is 3. The van der Waals surface area contributed by atoms with Crippen LogP contribution in [0, 0.1) is 0 Å². The van der Waals surface area contributed by atoms with Crippen molar-refractivity contribution in [2.45, 2.75) is 90.4 Å². The van der Waals surface area contributed by atoms with E-state index in [1.807, 2.05) is 20.8 Å². The van der Waals surface area contributed by atoms with Gasteiger partial charge in [0.05, 0.1) is 103 Å². The second-order valence-corrected chi connectivity index (χ2v) is 9.75. The third-order valence-electron chi connectivity index (χ3n) is 4.99. The van der Waals surface area contributed by atoms with Crippen LogP contribution >= 0.6 is 0 Å². The van der Waals surface area contributed by atoms with Gasteiger partial charge in [-0.25, -0.2) is 0 Å². The van der Waals surface area contributed by atoms with E-state index in [0.29, 0.717) is 33.0 Å². The Labute approximate surface area is 236 Å². The molecule has 0 aliphatic heterocycles. The van der Waals surface area contributed by atoms with Gasteiger partial charge in [0.2, 0.25) is 0 Å². The molecule has 0 heterocycles. The Morgan fingerprint density at radius 3 is 0.974 bits per heavy atom. The van der Waals surface area contributed by atoms with Crippen LogP contribution in [0.5, 0.6) is 0 Å². The summed E-state index contributed by atoms with van der Waals surface area (Å²) in [6.45, 7) is 14.5. The van der Waals surface area contributed by atoms with Crippen molar-refractivity contribution in [1.82, 2.24) is 0 Å². The van der Waals surface area contributed by atoms with Crippen molar-refractivity contribution in [2.24, 2.45) is 0 Å². The minimum atomic E-state index is -0.555. The monoisotopic (exact) mass is 574 g/mol. The summed E-state index contributed by atoms with van der Waals surface area (Å²) < 4.78 is 48.3. The Morgan fingerprint density at radius 1 is 0.385 bits per heavy atom. The van der Waals surface area contributed by atoms with Crippen molar-refractivity contribution in [2.75, 3.05) is 87.4 Å². The highest BCUT2D eigenvalue weighted by atomic mass is 16.6. The molecular formula is C27H58O12. The third kappa shape index (κ3) is 30.3. The van der Waals surface area contributed by atoms with Gasteiger partial charge in [0.1, 0.15) is 12.2 Å². The zero-order chi connectivity index (χ0) is 30.1. The standard InChI is InChI=1S/C15H32O6.C12H26O6/c1-12(16-4)7-19-10-15(21-9-14(3)18-6)11-20-8-13(2)17-5;1-9(13)4-16-7-12(18-6-11(3)15)8-17-5-10(2)14/h12-15H,7-11H2,1-6H3;9-15H,4-8H2,1-3H3.